The Morgan fingerprint density at radius 3 is 2.61 bits per heavy atom. The predicted molar refractivity (Wildman–Crippen MR) is 88.9 cm³/mol. The molecule has 0 aromatic heterocycles. The van der Waals surface area contributed by atoms with Crippen LogP contribution in [0.4, 0.5) is 0 Å². The van der Waals surface area contributed by atoms with Crippen LogP contribution in [0.25, 0.3) is 0 Å². The zero-order chi connectivity index (χ0) is 16.7. The molecule has 0 unspecified atom stereocenters. The number of aliphatic hydroxyl groups is 1. The third-order valence-corrected chi connectivity index (χ3v) is 8.79. The third-order valence-electron chi connectivity index (χ3n) is 8.79. The molecular weight excluding hydrogens is 288 g/mol. The number of allylic oxidation sites excluding steroid dienone is 1. The van der Waals surface area contributed by atoms with Gasteiger partial charge in [-0.15, -0.1) is 0 Å². The number of hydrogen-bond acceptors (Lipinski definition) is 2. The minimum atomic E-state index is -0.712. The Morgan fingerprint density at radius 2 is 1.91 bits per heavy atom. The van der Waals surface area contributed by atoms with Gasteiger partial charge in [0.05, 0.1) is 11.0 Å². The van der Waals surface area contributed by atoms with E-state index >= 15 is 0 Å². The number of carboxylic acids is 1. The van der Waals surface area contributed by atoms with E-state index in [1.165, 1.54) is 5.57 Å². The van der Waals surface area contributed by atoms with E-state index < -0.39 is 17.0 Å². The van der Waals surface area contributed by atoms with Gasteiger partial charge in [0.2, 0.25) is 0 Å². The average Bonchev–Trinajstić information content (AvgIpc) is 2.75. The van der Waals surface area contributed by atoms with E-state index in [1.54, 1.807) is 0 Å². The second kappa shape index (κ2) is 4.41. The minimum absolute atomic E-state index is 0.0327. The van der Waals surface area contributed by atoms with Crippen LogP contribution in [0.15, 0.2) is 12.2 Å². The summed E-state index contributed by atoms with van der Waals surface area (Å²) in [6.45, 7) is 8.43. The SMILES string of the molecule is C=C1C[C@@]23CC[C@@H]4[C@](C)(C(=O)O)CCC[C@@]4(C)[C@]2(O)CC[C@H]1C3. The van der Waals surface area contributed by atoms with Crippen LogP contribution in [0, 0.1) is 28.1 Å². The van der Waals surface area contributed by atoms with Crippen LogP contribution in [0.5, 0.6) is 0 Å². The van der Waals surface area contributed by atoms with Gasteiger partial charge in [-0.05, 0) is 70.1 Å². The molecule has 3 heteroatoms. The molecule has 0 heterocycles. The maximum absolute atomic E-state index is 12.1. The molecule has 0 radical (unpaired) electrons. The summed E-state index contributed by atoms with van der Waals surface area (Å²) in [6.07, 6.45) is 8.45. The molecule has 6 atom stereocenters. The summed E-state index contributed by atoms with van der Waals surface area (Å²) in [5.74, 6) is 0.00431. The number of hydrogen-bond donors (Lipinski definition) is 2. The van der Waals surface area contributed by atoms with Crippen molar-refractivity contribution in [2.75, 3.05) is 0 Å². The van der Waals surface area contributed by atoms with E-state index in [-0.39, 0.29) is 16.7 Å². The monoisotopic (exact) mass is 318 g/mol. The summed E-state index contributed by atoms with van der Waals surface area (Å²) in [4.78, 5) is 12.1. The van der Waals surface area contributed by atoms with Gasteiger partial charge in [-0.1, -0.05) is 25.5 Å². The lowest BCUT2D eigenvalue weighted by Gasteiger charge is -2.67. The highest BCUT2D eigenvalue weighted by atomic mass is 16.4. The molecule has 0 aromatic carbocycles. The predicted octanol–water partition coefficient (Wildman–Crippen LogP) is 4.16. The summed E-state index contributed by atoms with van der Waals surface area (Å²) >= 11 is 0. The number of carbonyl (C=O) groups is 1. The van der Waals surface area contributed by atoms with Crippen molar-refractivity contribution >= 4 is 5.97 Å². The van der Waals surface area contributed by atoms with Crippen molar-refractivity contribution in [2.24, 2.45) is 28.1 Å². The largest absolute Gasteiger partial charge is 0.481 e. The molecule has 2 bridgehead atoms. The quantitative estimate of drug-likeness (QED) is 0.714. The van der Waals surface area contributed by atoms with E-state index in [0.29, 0.717) is 5.92 Å². The van der Waals surface area contributed by atoms with Crippen molar-refractivity contribution in [3.8, 4) is 0 Å². The highest BCUT2D eigenvalue weighted by Crippen LogP contribution is 2.73. The molecule has 0 aliphatic heterocycles. The maximum Gasteiger partial charge on any atom is 0.309 e. The van der Waals surface area contributed by atoms with Crippen molar-refractivity contribution < 1.29 is 15.0 Å². The number of aliphatic carboxylic acids is 1. The zero-order valence-corrected chi connectivity index (χ0v) is 14.5. The third kappa shape index (κ3) is 1.63. The first-order valence-electron chi connectivity index (χ1n) is 9.32. The smallest absolute Gasteiger partial charge is 0.309 e. The fraction of sp³-hybridized carbons (Fsp3) is 0.850. The van der Waals surface area contributed by atoms with Gasteiger partial charge < -0.3 is 10.2 Å². The van der Waals surface area contributed by atoms with Crippen molar-refractivity contribution in [1.29, 1.82) is 0 Å². The fourth-order valence-corrected chi connectivity index (χ4v) is 7.51. The highest BCUT2D eigenvalue weighted by Gasteiger charge is 2.72. The van der Waals surface area contributed by atoms with E-state index in [2.05, 4.69) is 13.5 Å². The van der Waals surface area contributed by atoms with Crippen molar-refractivity contribution in [3.05, 3.63) is 12.2 Å². The van der Waals surface area contributed by atoms with E-state index in [1.807, 2.05) is 6.92 Å². The van der Waals surface area contributed by atoms with Gasteiger partial charge in [0.25, 0.3) is 0 Å². The normalized spacial score (nSPS) is 55.2. The number of fused-ring (bicyclic) bond motifs is 3. The lowest BCUT2D eigenvalue weighted by molar-refractivity contribution is -0.262. The van der Waals surface area contributed by atoms with Crippen LogP contribution < -0.4 is 0 Å². The molecule has 23 heavy (non-hydrogen) atoms. The minimum Gasteiger partial charge on any atom is -0.481 e. The van der Waals surface area contributed by atoms with Gasteiger partial charge in [-0.3, -0.25) is 4.79 Å². The summed E-state index contributed by atoms with van der Waals surface area (Å²) in [6, 6.07) is 0. The highest BCUT2D eigenvalue weighted by molar-refractivity contribution is 5.75. The zero-order valence-electron chi connectivity index (χ0n) is 14.5. The van der Waals surface area contributed by atoms with Crippen LogP contribution in [-0.4, -0.2) is 21.8 Å². The molecule has 0 saturated heterocycles. The molecule has 4 rings (SSSR count). The van der Waals surface area contributed by atoms with Crippen LogP contribution in [0.1, 0.15) is 71.6 Å². The summed E-state index contributed by atoms with van der Waals surface area (Å²) in [7, 11) is 0. The van der Waals surface area contributed by atoms with Gasteiger partial charge in [0, 0.05) is 10.8 Å². The Balaban J connectivity index is 1.82. The first-order valence-corrected chi connectivity index (χ1v) is 9.32. The molecule has 3 nitrogen and oxygen atoms in total. The lowest BCUT2D eigenvalue weighted by atomic mass is 9.39. The summed E-state index contributed by atoms with van der Waals surface area (Å²) in [5.41, 5.74) is -0.367. The second-order valence-electron chi connectivity index (χ2n) is 9.50. The molecule has 4 aliphatic carbocycles. The van der Waals surface area contributed by atoms with Gasteiger partial charge in [0.15, 0.2) is 0 Å². The molecule has 0 aromatic rings. The molecular formula is C20H30O3. The number of rotatable bonds is 1. The Hall–Kier alpha value is -0.830. The standard InChI is InChI=1S/C20H30O3/c1-13-11-19-9-6-15-17(2,16(21)22)7-4-8-18(15,3)20(19,23)10-5-14(13)12-19/h14-15,23H,1,4-12H2,2-3H3,(H,21,22)/t14-,15+,17+,18+,19+,20+/m0/s1. The topological polar surface area (TPSA) is 57.5 Å². The van der Waals surface area contributed by atoms with E-state index in [0.717, 1.165) is 57.8 Å². The van der Waals surface area contributed by atoms with Gasteiger partial charge >= 0.3 is 5.97 Å². The van der Waals surface area contributed by atoms with Crippen LogP contribution in [0.2, 0.25) is 0 Å². The molecule has 0 amide bonds. The van der Waals surface area contributed by atoms with Gasteiger partial charge in [-0.2, -0.15) is 0 Å². The van der Waals surface area contributed by atoms with Gasteiger partial charge in [0.1, 0.15) is 0 Å². The van der Waals surface area contributed by atoms with Crippen molar-refractivity contribution in [2.45, 2.75) is 77.2 Å². The summed E-state index contributed by atoms with van der Waals surface area (Å²) < 4.78 is 0. The second-order valence-corrected chi connectivity index (χ2v) is 9.50. The number of carboxylic acid groups (broad SMARTS) is 1. The maximum atomic E-state index is 12.1. The Kier molecular flexibility index (Phi) is 3.01. The van der Waals surface area contributed by atoms with Crippen LogP contribution in [0.3, 0.4) is 0 Å². The first-order chi connectivity index (χ1) is 10.7. The molecule has 4 aliphatic rings. The first kappa shape index (κ1) is 15.7. The Morgan fingerprint density at radius 1 is 1.17 bits per heavy atom. The Bertz CT molecular complexity index is 583. The molecule has 2 N–H and O–H groups in total. The summed E-state index contributed by atoms with van der Waals surface area (Å²) in [5, 5.41) is 21.9. The molecule has 128 valence electrons. The lowest BCUT2D eigenvalue weighted by Crippen LogP contribution is -2.68. The molecule has 4 saturated carbocycles. The average molecular weight is 318 g/mol. The van der Waals surface area contributed by atoms with Crippen molar-refractivity contribution in [1.82, 2.24) is 0 Å². The Labute approximate surface area is 139 Å². The molecule has 4 fully saturated rings. The molecule has 1 spiro atoms. The van der Waals surface area contributed by atoms with E-state index in [4.69, 9.17) is 0 Å². The van der Waals surface area contributed by atoms with E-state index in [9.17, 15) is 15.0 Å². The van der Waals surface area contributed by atoms with Crippen molar-refractivity contribution in [3.63, 3.8) is 0 Å². The fourth-order valence-electron chi connectivity index (χ4n) is 7.51. The van der Waals surface area contributed by atoms with Gasteiger partial charge in [-0.25, -0.2) is 0 Å². The van der Waals surface area contributed by atoms with Crippen LogP contribution in [-0.2, 0) is 4.79 Å². The van der Waals surface area contributed by atoms with Crippen LogP contribution >= 0.6 is 0 Å².